The molecule has 118 heteroatoms. The second-order valence-electron chi connectivity index (χ2n) is 70.4. The van der Waals surface area contributed by atoms with Gasteiger partial charge in [0.05, 0.1) is 36.7 Å². The third kappa shape index (κ3) is 26.1. The summed E-state index contributed by atoms with van der Waals surface area (Å²) in [6, 6.07) is 10.1. The lowest BCUT2D eigenvalue weighted by molar-refractivity contribution is 0.0410. The van der Waals surface area contributed by atoms with Crippen LogP contribution in [0.4, 0.5) is 5.82 Å². The molecule has 1 saturated heterocycles. The molecule has 1 unspecified atom stereocenters. The molecule has 1 N–H and O–H groups in total. The van der Waals surface area contributed by atoms with Gasteiger partial charge in [-0.3, -0.25) is 4.90 Å². The Kier molecular flexibility index (Phi) is 58.4. The van der Waals surface area contributed by atoms with Crippen molar-refractivity contribution in [3.05, 3.63) is 42.1 Å². The third-order valence-corrected chi connectivity index (χ3v) is 2750. The standard InChI is InChI=1S/C22H29ClN6OS.H220Si109/c1-2-8-24-20-18-15-25-29(16-19(23)17-6-4-3-5-7-17)21(18)27-22(26-20)31-14-11-28-9-12-30-13-10-28;1-74(2)98(72,73)106(96(66,67)68,97(69,70)71)109(105(93(57,58)59,94(60,61)62)95(63,64)65,107(99(75(3,4)5,76(6,7)8)77(9,10)11,100(78(12,13)14,79(15,16)17)80(18,19)20)101(81(21,22)23,82(24,25)26)83(27,28)29)108(102(84(30,31)32,85(33,34)35)86(36,37)38,103(87(39,40)41,88(42,43)44)89(45,46)47)104(90(48,49)50,91(51,52)53)92(54,55)56/h3-7,15,19H,2,8-14,16H2,1H3,(H,24,26,27);74H,1-73H3. The number of morpholine rings is 1. The number of halogens is 1. The van der Waals surface area contributed by atoms with Gasteiger partial charge in [-0.2, -0.15) is 5.10 Å². The molecular formula is C22H249ClN6OSSi109. The summed E-state index contributed by atoms with van der Waals surface area (Å²) in [5, 5.41) is 9.55. The summed E-state index contributed by atoms with van der Waals surface area (Å²) in [5.74, 6) is 1.78. The number of thioether (sulfide) groups is 1. The van der Waals surface area contributed by atoms with E-state index in [4.69, 9.17) is 26.3 Å². The molecule has 1 aliphatic rings. The number of aromatic nitrogens is 4. The van der Waals surface area contributed by atoms with Gasteiger partial charge in [0.1, 0.15) is 5.82 Å². The summed E-state index contributed by atoms with van der Waals surface area (Å²) < 4.78 is 7.33. The van der Waals surface area contributed by atoms with Gasteiger partial charge < -0.3 is 10.1 Å². The van der Waals surface area contributed by atoms with E-state index in [1.807, 2.05) is 41.2 Å². The van der Waals surface area contributed by atoms with Gasteiger partial charge >= 0.3 is 0 Å². The summed E-state index contributed by atoms with van der Waals surface area (Å²) in [4.78, 5) is 12.1. The molecular weight excluding hydrogens is 3490 g/mol. The van der Waals surface area contributed by atoms with Crippen LogP contribution in [0, 0.1) is 0 Å². The van der Waals surface area contributed by atoms with Crippen LogP contribution in [0.1, 0.15) is 24.3 Å². The SMILES string of the molecule is CCCNc1nc(SCCN2CCOCC2)nc2c1cnn2CC(Cl)c1ccccc1.[SiH3][SiH]([SiH3])[Si]([SiH3])([SiH3])[Si]([Si]([SiH3])([SiH3])[SiH3])([Si]([SiH3])([SiH3])[SiH3])[Si]([Si]([Si]([SiH3])([SiH3])[SiH3])([Si]([SiH3])([SiH3])[SiH3])[Si]([SiH3])([SiH3])[SiH3])([Si]([Si]([Si]([SiH3])([SiH3])[SiH3])([Si]([SiH3])([SiH3])[SiH3])[Si]([SiH3])([SiH3])[SiH3])([Si]([Si]([SiH3])([SiH3])[SiH3])([Si]([SiH3])([SiH3])[SiH3])[Si]([SiH3])([SiH3])[SiH3])[Si]([Si]([SiH3])([SiH3])[SiH3])([Si]([SiH3])([SiH3])[SiH3])[Si]([SiH3])([SiH3])[SiH3])[Si]([Si]([Si]([SiH3])([SiH3])[SiH3])([Si]([SiH3])([SiH3])[SiH3])[Si]([SiH3])([SiH3])[SiH3])([Si]([Si]([SiH3])([SiH3])[SiH3])([Si]([SiH3])([SiH3])[SiH3])[Si]([SiH3])([SiH3])[SiH3])[Si]([Si]([SiH3])([SiH3])[SiH3])([Si]([SiH3])([SiH3])[SiH3])[Si]([SiH3])([SiH3])[SiH3]. The minimum Gasteiger partial charge on any atom is -0.379 e. The van der Waals surface area contributed by atoms with Crippen molar-refractivity contribution in [3.63, 3.8) is 0 Å². The fraction of sp³-hybridized carbons (Fsp3) is 0.500. The Labute approximate surface area is 1110 Å². The fourth-order valence-corrected chi connectivity index (χ4v) is 11100. The van der Waals surface area contributed by atoms with Crippen molar-refractivity contribution in [1.29, 1.82) is 0 Å². The maximum absolute atomic E-state index is 6.69. The van der Waals surface area contributed by atoms with E-state index in [1.54, 1.807) is 11.8 Å². The molecule has 0 spiro atoms. The molecule has 0 aliphatic carbocycles. The Morgan fingerprint density at radius 2 is 0.550 bits per heavy atom. The van der Waals surface area contributed by atoms with Crippen molar-refractivity contribution >= 4 is 975 Å². The van der Waals surface area contributed by atoms with Crippen molar-refractivity contribution in [2.24, 2.45) is 0 Å². The minimum absolute atomic E-state index is 0.177. The number of benzene rings is 1. The first kappa shape index (κ1) is 156. The van der Waals surface area contributed by atoms with Crippen molar-refractivity contribution < 1.29 is 4.74 Å². The summed E-state index contributed by atoms with van der Waals surface area (Å²) in [6.07, 6.45) is -40.9. The van der Waals surface area contributed by atoms with Crippen LogP contribution in [-0.2, 0) is 11.3 Å². The van der Waals surface area contributed by atoms with Crippen LogP contribution >= 0.6 is 23.4 Å². The maximum atomic E-state index is 6.69. The largest absolute Gasteiger partial charge is 0.379 e. The number of fused-ring (bicyclic) bond motifs is 1. The highest BCUT2D eigenvalue weighted by molar-refractivity contribution is 8.85. The van der Waals surface area contributed by atoms with Crippen LogP contribution in [0.25, 0.3) is 11.0 Å². The Balaban J connectivity index is 0.00000135. The predicted octanol–water partition coefficient (Wildman–Crippen LogP) is -96.3. The zero-order valence-corrected chi connectivity index (χ0v) is 293. The monoisotopic (exact) mass is 3730 g/mol. The maximum Gasteiger partial charge on any atom is 0.191 e. The lowest BCUT2D eigenvalue weighted by Crippen LogP contribution is -3.42. The Bertz CT molecular complexity index is 3940. The average molecular weight is 3740 g/mol. The van der Waals surface area contributed by atoms with E-state index in [-0.39, 0.29) is 5.38 Å². The van der Waals surface area contributed by atoms with Crippen LogP contribution in [-0.4, -0.2) is 1000 Å². The van der Waals surface area contributed by atoms with Gasteiger partial charge in [-0.1, -0.05) is 49.0 Å². The molecule has 1 aromatic carbocycles. The number of hydrogen-bond acceptors (Lipinski definition) is 7. The number of anilines is 1. The first-order valence-corrected chi connectivity index (χ1v) is 421. The molecule has 0 amide bonds. The molecule has 0 saturated carbocycles. The number of nitrogens with one attached hydrogen (secondary N) is 1. The smallest absolute Gasteiger partial charge is 0.191 e. The van der Waals surface area contributed by atoms with E-state index < -0.39 is 222 Å². The first-order valence-electron chi connectivity index (χ1n) is 56.3. The zero-order valence-electron chi connectivity index (χ0n) is 109. The predicted molar refractivity (Wildman–Crippen MR) is 1060 cm³/mol. The summed E-state index contributed by atoms with van der Waals surface area (Å²) in [5.41, 5.74) is 1.90. The number of rotatable bonds is 45. The third-order valence-electron chi connectivity index (χ3n) is 39.2. The molecule has 1 fully saturated rings. The highest BCUT2D eigenvalue weighted by Gasteiger charge is 3.09. The first-order chi connectivity index (χ1) is 60.7. The molecule has 140 heavy (non-hydrogen) atoms. The minimum atomic E-state index is -1.79. The van der Waals surface area contributed by atoms with Crippen molar-refractivity contribution in [2.45, 2.75) is 30.4 Å². The highest BCUT2D eigenvalue weighted by atomic mass is 35.5. The van der Waals surface area contributed by atoms with Gasteiger partial charge in [0, 0.05) is 31.9 Å². The number of hydrogen-bond donors (Lipinski definition) is 1. The number of nitrogens with zero attached hydrogens (tertiary/aromatic N) is 5. The summed E-state index contributed by atoms with van der Waals surface area (Å²) in [6.45, 7) is 8.18. The normalized spacial score (nSPS) is 31.0. The summed E-state index contributed by atoms with van der Waals surface area (Å²) >= 11 is 8.38. The fourth-order valence-electron chi connectivity index (χ4n) is 49.1. The molecule has 0 radical (unpaired) electrons. The van der Waals surface area contributed by atoms with E-state index in [9.17, 15) is 0 Å². The van der Waals surface area contributed by atoms with Crippen LogP contribution in [0.5, 0.6) is 0 Å². The quantitative estimate of drug-likeness (QED) is 0.0262. The number of alkyl halides is 1. The Morgan fingerprint density at radius 1 is 0.329 bits per heavy atom. The van der Waals surface area contributed by atoms with Crippen LogP contribution in [0.15, 0.2) is 41.7 Å². The lowest BCUT2D eigenvalue weighted by atomic mass is 10.1. The highest BCUT2D eigenvalue weighted by Crippen LogP contribution is 2.72. The molecule has 3 aromatic rings. The Hall–Kier alpha value is 21.8. The van der Waals surface area contributed by atoms with Crippen molar-refractivity contribution in [1.82, 2.24) is 24.6 Å². The van der Waals surface area contributed by atoms with E-state index >= 15 is 0 Å². The second kappa shape index (κ2) is 52.4. The molecule has 3 heterocycles. The second-order valence-corrected chi connectivity index (χ2v) is 1710. The van der Waals surface area contributed by atoms with Crippen LogP contribution < -0.4 is 5.32 Å². The van der Waals surface area contributed by atoms with Gasteiger partial charge in [0.25, 0.3) is 0 Å². The van der Waals surface area contributed by atoms with Crippen LogP contribution in [0.2, 0.25) is 0 Å². The van der Waals surface area contributed by atoms with E-state index in [2.05, 4.69) is 735 Å². The van der Waals surface area contributed by atoms with E-state index in [1.165, 1.54) is 0 Å². The topological polar surface area (TPSA) is 68.1 Å². The Morgan fingerprint density at radius 3 is 0.757 bits per heavy atom. The van der Waals surface area contributed by atoms with Gasteiger partial charge in [-0.05, 0) is 947 Å². The molecule has 2 aromatic heterocycles. The molecule has 4 rings (SSSR count). The number of ether oxygens (including phenoxy) is 1. The van der Waals surface area contributed by atoms with E-state index in [0.29, 0.717) is 6.54 Å². The molecule has 1 aliphatic heterocycles. The van der Waals surface area contributed by atoms with Crippen molar-refractivity contribution in [2.75, 3.05) is 50.5 Å². The molecule has 0 bridgehead atoms. The van der Waals surface area contributed by atoms with Gasteiger partial charge in [0.15, 0.2) is 10.8 Å². The molecule has 1 atom stereocenters. The average Bonchev–Trinajstić information content (AvgIpc) is 0.581. The van der Waals surface area contributed by atoms with Gasteiger partial charge in [-0.25, -0.2) is 14.6 Å². The van der Waals surface area contributed by atoms with E-state index in [0.717, 1.165) is 79.1 Å². The van der Waals surface area contributed by atoms with Crippen LogP contribution in [0.3, 0.4) is 0 Å². The lowest BCUT2D eigenvalue weighted by Gasteiger charge is -3.04. The van der Waals surface area contributed by atoms with Gasteiger partial charge in [0.2, 0.25) is 0 Å². The zero-order chi connectivity index (χ0) is 113. The van der Waals surface area contributed by atoms with Crippen molar-refractivity contribution in [3.8, 4) is 0 Å². The summed E-state index contributed by atoms with van der Waals surface area (Å²) in [7, 11) is 174. The molecule has 822 valence electrons. The molecule has 7 nitrogen and oxygen atoms in total. The van der Waals surface area contributed by atoms with Gasteiger partial charge in [-0.15, -0.1) is 11.6 Å².